The third-order valence-corrected chi connectivity index (χ3v) is 4.37. The van der Waals surface area contributed by atoms with E-state index in [0.29, 0.717) is 23.2 Å². The molecule has 0 aromatic heterocycles. The van der Waals surface area contributed by atoms with Crippen LogP contribution in [0, 0.1) is 24.1 Å². The molecule has 1 amide bonds. The first kappa shape index (κ1) is 17.0. The fourth-order valence-corrected chi connectivity index (χ4v) is 2.87. The Morgan fingerprint density at radius 3 is 2.83 bits per heavy atom. The van der Waals surface area contributed by atoms with Crippen LogP contribution in [-0.2, 0) is 5.75 Å². The van der Waals surface area contributed by atoms with Crippen LogP contribution in [0.3, 0.4) is 0 Å². The minimum atomic E-state index is -0.375. The second-order valence-corrected chi connectivity index (χ2v) is 6.15. The molecule has 0 fully saturated rings. The summed E-state index contributed by atoms with van der Waals surface area (Å²) in [6, 6.07) is 14.1. The van der Waals surface area contributed by atoms with E-state index in [2.05, 4.69) is 11.4 Å². The molecule has 118 valence electrons. The van der Waals surface area contributed by atoms with Crippen LogP contribution in [0.1, 0.15) is 27.0 Å². The maximum Gasteiger partial charge on any atom is 0.251 e. The second-order valence-electron chi connectivity index (χ2n) is 5.04. The molecule has 0 radical (unpaired) electrons. The summed E-state index contributed by atoms with van der Waals surface area (Å²) in [7, 11) is 0. The van der Waals surface area contributed by atoms with Crippen LogP contribution in [0.4, 0.5) is 4.39 Å². The number of carbonyl (C=O) groups is 1. The van der Waals surface area contributed by atoms with Gasteiger partial charge in [0.15, 0.2) is 0 Å². The summed E-state index contributed by atoms with van der Waals surface area (Å²) in [5.41, 5.74) is 2.52. The van der Waals surface area contributed by atoms with Crippen molar-refractivity contribution in [1.29, 1.82) is 5.26 Å². The van der Waals surface area contributed by atoms with Gasteiger partial charge >= 0.3 is 0 Å². The van der Waals surface area contributed by atoms with E-state index in [4.69, 9.17) is 5.26 Å². The number of rotatable bonds is 6. The van der Waals surface area contributed by atoms with Crippen molar-refractivity contribution in [1.82, 2.24) is 5.32 Å². The zero-order valence-corrected chi connectivity index (χ0v) is 13.6. The first-order valence-corrected chi connectivity index (χ1v) is 8.37. The first-order valence-electron chi connectivity index (χ1n) is 7.22. The number of halogens is 1. The van der Waals surface area contributed by atoms with Crippen LogP contribution in [0.15, 0.2) is 42.5 Å². The summed E-state index contributed by atoms with van der Waals surface area (Å²) in [4.78, 5) is 11.9. The molecule has 0 aliphatic carbocycles. The van der Waals surface area contributed by atoms with Gasteiger partial charge in [-0.1, -0.05) is 24.3 Å². The lowest BCUT2D eigenvalue weighted by Gasteiger charge is -2.07. The molecule has 2 aromatic carbocycles. The molecule has 0 spiro atoms. The molecular weight excluding hydrogens is 311 g/mol. The lowest BCUT2D eigenvalue weighted by atomic mass is 10.1. The number of carbonyl (C=O) groups excluding carboxylic acids is 1. The summed E-state index contributed by atoms with van der Waals surface area (Å²) >= 11 is 1.64. The van der Waals surface area contributed by atoms with E-state index in [1.54, 1.807) is 36.9 Å². The minimum absolute atomic E-state index is 0.276. The van der Waals surface area contributed by atoms with Crippen LogP contribution in [0.5, 0.6) is 0 Å². The van der Waals surface area contributed by atoms with E-state index in [1.165, 1.54) is 6.07 Å². The lowest BCUT2D eigenvalue weighted by Crippen LogP contribution is -2.25. The molecule has 5 heteroatoms. The third kappa shape index (κ3) is 4.83. The number of thioether (sulfide) groups is 1. The predicted molar refractivity (Wildman–Crippen MR) is 90.8 cm³/mol. The summed E-state index contributed by atoms with van der Waals surface area (Å²) in [5, 5.41) is 11.8. The SMILES string of the molecule is Cc1ccc(C(=O)NCCSCc2ccccc2C#N)cc1F. The Morgan fingerprint density at radius 2 is 2.09 bits per heavy atom. The van der Waals surface area contributed by atoms with Crippen molar-refractivity contribution in [2.45, 2.75) is 12.7 Å². The van der Waals surface area contributed by atoms with E-state index in [-0.39, 0.29) is 11.7 Å². The van der Waals surface area contributed by atoms with Gasteiger partial charge in [-0.2, -0.15) is 17.0 Å². The highest BCUT2D eigenvalue weighted by Crippen LogP contribution is 2.15. The molecule has 0 atom stereocenters. The fourth-order valence-electron chi connectivity index (χ4n) is 2.01. The highest BCUT2D eigenvalue weighted by molar-refractivity contribution is 7.98. The number of benzene rings is 2. The van der Waals surface area contributed by atoms with Gasteiger partial charge in [0, 0.05) is 23.6 Å². The first-order chi connectivity index (χ1) is 11.1. The van der Waals surface area contributed by atoms with Crippen molar-refractivity contribution >= 4 is 17.7 Å². The predicted octanol–water partition coefficient (Wildman–Crippen LogP) is 3.67. The minimum Gasteiger partial charge on any atom is -0.351 e. The highest BCUT2D eigenvalue weighted by Gasteiger charge is 2.07. The van der Waals surface area contributed by atoms with Crippen molar-refractivity contribution in [3.63, 3.8) is 0 Å². The van der Waals surface area contributed by atoms with Crippen molar-refractivity contribution in [3.8, 4) is 6.07 Å². The normalized spacial score (nSPS) is 10.1. The van der Waals surface area contributed by atoms with Gasteiger partial charge in [0.05, 0.1) is 11.6 Å². The van der Waals surface area contributed by atoms with Gasteiger partial charge in [-0.25, -0.2) is 4.39 Å². The van der Waals surface area contributed by atoms with Crippen molar-refractivity contribution in [2.24, 2.45) is 0 Å². The topological polar surface area (TPSA) is 52.9 Å². The summed E-state index contributed by atoms with van der Waals surface area (Å²) in [6.07, 6.45) is 0. The van der Waals surface area contributed by atoms with Crippen LogP contribution >= 0.6 is 11.8 Å². The lowest BCUT2D eigenvalue weighted by molar-refractivity contribution is 0.0955. The standard InChI is InChI=1S/C18H17FN2OS/c1-13-6-7-14(10-17(13)19)18(22)21-8-9-23-12-16-5-3-2-4-15(16)11-20/h2-7,10H,8-9,12H2,1H3,(H,21,22). The van der Waals surface area contributed by atoms with E-state index < -0.39 is 0 Å². The number of aryl methyl sites for hydroxylation is 1. The van der Waals surface area contributed by atoms with Crippen LogP contribution < -0.4 is 5.32 Å². The average Bonchev–Trinajstić information content (AvgIpc) is 2.57. The number of hydrogen-bond donors (Lipinski definition) is 1. The third-order valence-electron chi connectivity index (χ3n) is 3.36. The van der Waals surface area contributed by atoms with Gasteiger partial charge < -0.3 is 5.32 Å². The van der Waals surface area contributed by atoms with Crippen molar-refractivity contribution in [3.05, 3.63) is 70.5 Å². The Morgan fingerprint density at radius 1 is 1.30 bits per heavy atom. The van der Waals surface area contributed by atoms with Gasteiger partial charge in [0.2, 0.25) is 0 Å². The molecule has 0 saturated carbocycles. The molecule has 1 N–H and O–H groups in total. The zero-order chi connectivity index (χ0) is 16.7. The number of nitrogens with one attached hydrogen (secondary N) is 1. The van der Waals surface area contributed by atoms with Gasteiger partial charge in [-0.05, 0) is 36.2 Å². The second kappa shape index (κ2) is 8.35. The Kier molecular flexibility index (Phi) is 6.19. The van der Waals surface area contributed by atoms with Gasteiger partial charge in [0.1, 0.15) is 5.82 Å². The molecule has 0 bridgehead atoms. The Hall–Kier alpha value is -2.32. The van der Waals surface area contributed by atoms with E-state index in [9.17, 15) is 9.18 Å². The van der Waals surface area contributed by atoms with Crippen LogP contribution in [0.25, 0.3) is 0 Å². The molecule has 0 aliphatic heterocycles. The molecule has 23 heavy (non-hydrogen) atoms. The number of hydrogen-bond acceptors (Lipinski definition) is 3. The molecule has 3 nitrogen and oxygen atoms in total. The molecule has 2 aromatic rings. The Labute approximate surface area is 139 Å². The number of amides is 1. The summed E-state index contributed by atoms with van der Waals surface area (Å²) in [6.45, 7) is 2.15. The van der Waals surface area contributed by atoms with Crippen molar-refractivity contribution < 1.29 is 9.18 Å². The smallest absolute Gasteiger partial charge is 0.251 e. The zero-order valence-electron chi connectivity index (χ0n) is 12.8. The summed E-state index contributed by atoms with van der Waals surface area (Å²) < 4.78 is 13.4. The van der Waals surface area contributed by atoms with E-state index in [1.807, 2.05) is 18.2 Å². The number of nitriles is 1. The van der Waals surface area contributed by atoms with Gasteiger partial charge in [-0.15, -0.1) is 0 Å². The van der Waals surface area contributed by atoms with Gasteiger partial charge in [-0.3, -0.25) is 4.79 Å². The molecular formula is C18H17FN2OS. The molecule has 2 rings (SSSR count). The van der Waals surface area contributed by atoms with Crippen molar-refractivity contribution in [2.75, 3.05) is 12.3 Å². The Bertz CT molecular complexity index is 740. The van der Waals surface area contributed by atoms with E-state index >= 15 is 0 Å². The van der Waals surface area contributed by atoms with E-state index in [0.717, 1.165) is 17.1 Å². The highest BCUT2D eigenvalue weighted by atomic mass is 32.2. The number of nitrogens with zero attached hydrogens (tertiary/aromatic N) is 1. The average molecular weight is 328 g/mol. The maximum atomic E-state index is 13.4. The monoisotopic (exact) mass is 328 g/mol. The fraction of sp³-hybridized carbons (Fsp3) is 0.222. The quantitative estimate of drug-likeness (QED) is 0.823. The molecule has 0 heterocycles. The molecule has 0 saturated heterocycles. The summed E-state index contributed by atoms with van der Waals surface area (Å²) in [5.74, 6) is 0.792. The molecule has 0 unspecified atom stereocenters. The van der Waals surface area contributed by atoms with Gasteiger partial charge in [0.25, 0.3) is 5.91 Å². The largest absolute Gasteiger partial charge is 0.351 e. The molecule has 0 aliphatic rings. The Balaban J connectivity index is 1.76. The van der Waals surface area contributed by atoms with Crippen LogP contribution in [-0.4, -0.2) is 18.2 Å². The maximum absolute atomic E-state index is 13.4. The van der Waals surface area contributed by atoms with Crippen LogP contribution in [0.2, 0.25) is 0 Å².